The molecule has 0 amide bonds. The van der Waals surface area contributed by atoms with Gasteiger partial charge in [0.1, 0.15) is 11.5 Å². The summed E-state index contributed by atoms with van der Waals surface area (Å²) >= 11 is 15.9. The molecule has 0 aliphatic rings. The molecule has 6 heteroatoms. The van der Waals surface area contributed by atoms with Crippen LogP contribution in [0.15, 0.2) is 60.7 Å². The van der Waals surface area contributed by atoms with Crippen LogP contribution in [0.2, 0.25) is 10.0 Å². The fraction of sp³-hybridized carbons (Fsp3) is 0. The molecule has 0 atom stereocenters. The molecule has 30 heavy (non-hydrogen) atoms. The summed E-state index contributed by atoms with van der Waals surface area (Å²) in [4.78, 5) is 0. The highest BCUT2D eigenvalue weighted by atomic mass is 35.5. The van der Waals surface area contributed by atoms with Crippen LogP contribution in [0.5, 0.6) is 11.5 Å². The topological polar surface area (TPSA) is 40.5 Å². The first kappa shape index (κ1) is 18.3. The molecule has 2 heterocycles. The van der Waals surface area contributed by atoms with E-state index in [1.807, 2.05) is 54.6 Å². The van der Waals surface area contributed by atoms with Gasteiger partial charge in [0, 0.05) is 41.5 Å². The van der Waals surface area contributed by atoms with Gasteiger partial charge in [-0.3, -0.25) is 0 Å². The summed E-state index contributed by atoms with van der Waals surface area (Å²) in [7, 11) is 0. The van der Waals surface area contributed by atoms with Crippen LogP contribution in [0.1, 0.15) is 0 Å². The first-order valence-corrected chi connectivity index (χ1v) is 11.6. The highest BCUT2D eigenvalue weighted by Crippen LogP contribution is 2.47. The van der Waals surface area contributed by atoms with Crippen LogP contribution in [0.4, 0.5) is 0 Å². The fourth-order valence-electron chi connectivity index (χ4n) is 4.05. The molecule has 2 nitrogen and oxygen atoms in total. The molecule has 2 aromatic heterocycles. The highest BCUT2D eigenvalue weighted by Gasteiger charge is 2.17. The number of aromatic hydroxyl groups is 2. The molecule has 0 saturated carbocycles. The zero-order valence-electron chi connectivity index (χ0n) is 15.2. The zero-order valence-corrected chi connectivity index (χ0v) is 18.4. The van der Waals surface area contributed by atoms with E-state index in [9.17, 15) is 10.2 Å². The minimum atomic E-state index is 0.240. The molecule has 0 unspecified atom stereocenters. The Morgan fingerprint density at radius 3 is 2.40 bits per heavy atom. The third-order valence-corrected chi connectivity index (χ3v) is 8.32. The van der Waals surface area contributed by atoms with E-state index in [2.05, 4.69) is 0 Å². The number of phenols is 2. The van der Waals surface area contributed by atoms with Gasteiger partial charge in [-0.15, -0.1) is 22.7 Å². The molecule has 6 aromatic rings. The van der Waals surface area contributed by atoms with E-state index < -0.39 is 0 Å². The first-order chi connectivity index (χ1) is 14.5. The Morgan fingerprint density at radius 1 is 0.700 bits per heavy atom. The van der Waals surface area contributed by atoms with Crippen molar-refractivity contribution in [2.45, 2.75) is 0 Å². The molecule has 0 fully saturated rings. The second kappa shape index (κ2) is 6.50. The zero-order chi connectivity index (χ0) is 20.6. The van der Waals surface area contributed by atoms with Gasteiger partial charge in [0.15, 0.2) is 0 Å². The van der Waals surface area contributed by atoms with E-state index in [4.69, 9.17) is 23.2 Å². The quantitative estimate of drug-likeness (QED) is 0.254. The number of thiophene rings is 2. The van der Waals surface area contributed by atoms with Crippen LogP contribution in [0, 0.1) is 0 Å². The van der Waals surface area contributed by atoms with E-state index in [1.54, 1.807) is 17.4 Å². The predicted molar refractivity (Wildman–Crippen MR) is 131 cm³/mol. The maximum Gasteiger partial charge on any atom is 0.141 e. The average Bonchev–Trinajstić information content (AvgIpc) is 3.28. The molecular weight excluding hydrogens is 455 g/mol. The lowest BCUT2D eigenvalue weighted by molar-refractivity contribution is 0.482. The molecule has 2 N–H and O–H groups in total. The Hall–Kier alpha value is -2.50. The summed E-state index contributed by atoms with van der Waals surface area (Å²) in [5, 5.41) is 26.5. The normalized spacial score (nSPS) is 11.9. The molecule has 146 valence electrons. The van der Waals surface area contributed by atoms with Crippen LogP contribution in [-0.4, -0.2) is 10.2 Å². The Labute approximate surface area is 189 Å². The minimum Gasteiger partial charge on any atom is -0.506 e. The predicted octanol–water partition coefficient (Wildman–Crippen LogP) is 8.81. The molecule has 0 radical (unpaired) electrons. The standard InChI is InChI=1S/C24H12Cl2O2S2/c25-12-4-7-19-16(10-12)14-6-5-13(22(28)24(14)29-19)11-8-17(26)21-15-2-1-3-18(27)23(15)30-20(21)9-11/h1-10,27-28H. The van der Waals surface area contributed by atoms with Gasteiger partial charge < -0.3 is 10.2 Å². The number of benzene rings is 4. The van der Waals surface area contributed by atoms with Gasteiger partial charge in [0.2, 0.25) is 0 Å². The monoisotopic (exact) mass is 466 g/mol. The van der Waals surface area contributed by atoms with Gasteiger partial charge in [-0.1, -0.05) is 41.4 Å². The third kappa shape index (κ3) is 2.55. The van der Waals surface area contributed by atoms with Crippen molar-refractivity contribution in [2.75, 3.05) is 0 Å². The second-order valence-electron chi connectivity index (χ2n) is 7.17. The van der Waals surface area contributed by atoms with E-state index in [0.29, 0.717) is 10.0 Å². The molecule has 0 spiro atoms. The summed E-state index contributed by atoms with van der Waals surface area (Å²) in [6.45, 7) is 0. The lowest BCUT2D eigenvalue weighted by Crippen LogP contribution is -1.81. The average molecular weight is 467 g/mol. The molecule has 4 aromatic carbocycles. The first-order valence-electron chi connectivity index (χ1n) is 9.19. The van der Waals surface area contributed by atoms with Crippen molar-refractivity contribution < 1.29 is 10.2 Å². The van der Waals surface area contributed by atoms with Gasteiger partial charge in [-0.25, -0.2) is 0 Å². The van der Waals surface area contributed by atoms with E-state index in [-0.39, 0.29) is 11.5 Å². The number of hydrogen-bond donors (Lipinski definition) is 2. The van der Waals surface area contributed by atoms with Crippen LogP contribution in [0.25, 0.3) is 51.5 Å². The van der Waals surface area contributed by atoms with Crippen molar-refractivity contribution in [1.29, 1.82) is 0 Å². The van der Waals surface area contributed by atoms with Gasteiger partial charge >= 0.3 is 0 Å². The van der Waals surface area contributed by atoms with Crippen LogP contribution >= 0.6 is 45.9 Å². The number of halogens is 2. The number of fused-ring (bicyclic) bond motifs is 6. The summed E-state index contributed by atoms with van der Waals surface area (Å²) in [5.74, 6) is 0.490. The van der Waals surface area contributed by atoms with Crippen molar-refractivity contribution in [3.63, 3.8) is 0 Å². The van der Waals surface area contributed by atoms with Crippen LogP contribution in [-0.2, 0) is 0 Å². The molecule has 0 aliphatic heterocycles. The van der Waals surface area contributed by atoms with Crippen molar-refractivity contribution in [3.05, 3.63) is 70.7 Å². The molecule has 6 rings (SSSR count). The molecule has 0 aliphatic carbocycles. The van der Waals surface area contributed by atoms with Crippen molar-refractivity contribution in [1.82, 2.24) is 0 Å². The van der Waals surface area contributed by atoms with E-state index in [0.717, 1.165) is 51.5 Å². The van der Waals surface area contributed by atoms with Gasteiger partial charge in [0.25, 0.3) is 0 Å². The molecule has 0 saturated heterocycles. The fourth-order valence-corrected chi connectivity index (χ4v) is 6.91. The summed E-state index contributed by atoms with van der Waals surface area (Å²) in [6.07, 6.45) is 0. The van der Waals surface area contributed by atoms with Crippen molar-refractivity contribution in [3.8, 4) is 22.6 Å². The van der Waals surface area contributed by atoms with Gasteiger partial charge in [-0.2, -0.15) is 0 Å². The molecule has 0 bridgehead atoms. The highest BCUT2D eigenvalue weighted by molar-refractivity contribution is 7.26. The maximum atomic E-state index is 11.1. The second-order valence-corrected chi connectivity index (χ2v) is 10.1. The lowest BCUT2D eigenvalue weighted by atomic mass is 10.0. The Morgan fingerprint density at radius 2 is 1.53 bits per heavy atom. The summed E-state index contributed by atoms with van der Waals surface area (Å²) < 4.78 is 3.69. The van der Waals surface area contributed by atoms with E-state index in [1.165, 1.54) is 11.3 Å². The van der Waals surface area contributed by atoms with Crippen LogP contribution in [0.3, 0.4) is 0 Å². The largest absolute Gasteiger partial charge is 0.506 e. The van der Waals surface area contributed by atoms with Gasteiger partial charge in [-0.05, 0) is 48.0 Å². The summed E-state index contributed by atoms with van der Waals surface area (Å²) in [5.41, 5.74) is 1.57. The molecular formula is C24H12Cl2O2S2. The summed E-state index contributed by atoms with van der Waals surface area (Å²) in [6, 6.07) is 19.1. The third-order valence-electron chi connectivity index (χ3n) is 5.42. The van der Waals surface area contributed by atoms with Crippen LogP contribution < -0.4 is 0 Å². The number of phenolic OH excluding ortho intramolecular Hbond substituents is 2. The Bertz CT molecular complexity index is 1650. The van der Waals surface area contributed by atoms with E-state index >= 15 is 0 Å². The smallest absolute Gasteiger partial charge is 0.141 e. The van der Waals surface area contributed by atoms with Crippen molar-refractivity contribution >= 4 is 86.2 Å². The Kier molecular flexibility index (Phi) is 3.96. The number of rotatable bonds is 1. The maximum absolute atomic E-state index is 11.1. The number of hydrogen-bond acceptors (Lipinski definition) is 4. The van der Waals surface area contributed by atoms with Crippen molar-refractivity contribution in [2.24, 2.45) is 0 Å². The lowest BCUT2D eigenvalue weighted by Gasteiger charge is -2.08. The van der Waals surface area contributed by atoms with Gasteiger partial charge in [0.05, 0.1) is 14.4 Å². The Balaban J connectivity index is 1.63. The SMILES string of the molecule is Oc1c(-c2cc(Cl)c3c(c2)sc2c(O)cccc23)ccc2c1sc1ccc(Cl)cc12. The minimum absolute atomic E-state index is 0.240.